The zero-order valence-corrected chi connectivity index (χ0v) is 43.6. The number of carbonyl (C=O) groups excluding carboxylic acids is 7. The Balaban J connectivity index is 0.000000430. The van der Waals surface area contributed by atoms with Gasteiger partial charge in [0, 0.05) is 55.0 Å². The zero-order valence-electron chi connectivity index (χ0n) is 40.5. The van der Waals surface area contributed by atoms with Crippen molar-refractivity contribution in [2.45, 2.75) is 65.5 Å². The number of hydrogen-bond donors (Lipinski definition) is 5. The number of ether oxygens (including phenoxy) is 2. The number of aromatic nitrogens is 2. The van der Waals surface area contributed by atoms with Gasteiger partial charge >= 0.3 is 17.9 Å². The molecule has 0 saturated heterocycles. The SMILES string of the molecule is C.C.COC(=O)[C@H](CCC(=O)CN)NC(=O)c1c(Cl)cccc1Cl.COC(=O)[C@H](CCC(=O)CNC(=O)c1cccc(Cc2ccccn2)c1)NC(=O)c1c(Cl)cccc1Cl.O=C(O)c1cccc(Cc2ccccn2)c1. The number of carbonyl (C=O) groups is 8. The van der Waals surface area contributed by atoms with E-state index >= 15 is 0 Å². The summed E-state index contributed by atoms with van der Waals surface area (Å²) in [6.45, 7) is -0.361. The van der Waals surface area contributed by atoms with Crippen molar-refractivity contribution >= 4 is 93.6 Å². The summed E-state index contributed by atoms with van der Waals surface area (Å²) in [5.74, 6) is -4.52. The molecule has 2 aromatic heterocycles. The molecule has 0 saturated carbocycles. The lowest BCUT2D eigenvalue weighted by atomic mass is 10.1. The highest BCUT2D eigenvalue weighted by molar-refractivity contribution is 6.40. The Morgan fingerprint density at radius 1 is 0.545 bits per heavy atom. The molecule has 2 atom stereocenters. The summed E-state index contributed by atoms with van der Waals surface area (Å²) in [7, 11) is 2.36. The van der Waals surface area contributed by atoms with E-state index in [9.17, 15) is 38.4 Å². The van der Waals surface area contributed by atoms with Gasteiger partial charge in [0.05, 0.1) is 64.1 Å². The number of amides is 3. The molecule has 2 heterocycles. The second-order valence-corrected chi connectivity index (χ2v) is 17.7. The van der Waals surface area contributed by atoms with Gasteiger partial charge in [-0.1, -0.05) is 110 Å². The topological polar surface area (TPSA) is 263 Å². The molecule has 0 bridgehead atoms. The predicted molar refractivity (Wildman–Crippen MR) is 297 cm³/mol. The number of carboxylic acid groups (broad SMARTS) is 1. The van der Waals surface area contributed by atoms with Crippen LogP contribution in [0.15, 0.2) is 134 Å². The van der Waals surface area contributed by atoms with Crippen LogP contribution in [-0.2, 0) is 41.5 Å². The number of halogens is 4. The minimum absolute atomic E-state index is 0. The van der Waals surface area contributed by atoms with Crippen LogP contribution in [0.25, 0.3) is 0 Å². The van der Waals surface area contributed by atoms with Gasteiger partial charge < -0.3 is 36.3 Å². The summed E-state index contributed by atoms with van der Waals surface area (Å²) in [5, 5.41) is 17.0. The fourth-order valence-electron chi connectivity index (χ4n) is 6.82. The number of rotatable bonds is 21. The number of nitrogens with two attached hydrogens (primary N) is 1. The Bertz CT molecular complexity index is 2910. The van der Waals surface area contributed by atoms with Crippen molar-refractivity contribution in [2.75, 3.05) is 27.3 Å². The predicted octanol–water partition coefficient (Wildman–Crippen LogP) is 9.25. The highest BCUT2D eigenvalue weighted by atomic mass is 35.5. The Morgan fingerprint density at radius 2 is 0.948 bits per heavy atom. The fraction of sp³-hybridized carbons (Fsp3) is 0.250. The molecule has 408 valence electrons. The number of nitrogens with one attached hydrogen (secondary N) is 3. The quantitative estimate of drug-likeness (QED) is 0.0421. The van der Waals surface area contributed by atoms with E-state index < -0.39 is 47.7 Å². The molecule has 4 aromatic carbocycles. The van der Waals surface area contributed by atoms with E-state index in [1.165, 1.54) is 38.5 Å². The molecule has 0 aliphatic rings. The third kappa shape index (κ3) is 21.9. The van der Waals surface area contributed by atoms with E-state index in [4.69, 9.17) is 62.0 Å². The first-order valence-electron chi connectivity index (χ1n) is 22.8. The first kappa shape index (κ1) is 65.6. The maximum Gasteiger partial charge on any atom is 0.335 e. The van der Waals surface area contributed by atoms with Gasteiger partial charge in [-0.3, -0.25) is 33.9 Å². The third-order valence-corrected chi connectivity index (χ3v) is 11.9. The standard InChI is InChI=1S/C27H25Cl2N3O5.C14H16Cl2N2O4.C13H11NO2.2CH4/c1-37-27(36)23(32-26(35)24-21(28)9-5-10-22(24)29)12-11-20(33)16-31-25(34)18-7-4-6-17(14-18)15-19-8-2-3-13-30-19;1-22-14(21)11(6-5-8(19)7-17)18-13(20)12-9(15)3-2-4-10(12)16;15-13(16)11-5-3-4-10(8-11)9-12-6-1-2-7-14-12;;/h2-10,13-14,23H,11-12,15-16H2,1H3,(H,31,34)(H,32,35);2-4,11H,5-7,17H2,1H3,(H,18,20);1-8H,9H2,(H,15,16);2*1H4/t23-;11-;;;/m00.../s1. The minimum Gasteiger partial charge on any atom is -0.478 e. The van der Waals surface area contributed by atoms with Crippen LogP contribution >= 0.6 is 46.4 Å². The van der Waals surface area contributed by atoms with Gasteiger partial charge in [0.2, 0.25) is 0 Å². The molecular formula is C56H60Cl4N6O11. The van der Waals surface area contributed by atoms with Gasteiger partial charge in [0.15, 0.2) is 5.78 Å². The maximum absolute atomic E-state index is 12.6. The average Bonchev–Trinajstić information content (AvgIpc) is 3.40. The molecule has 21 heteroatoms. The third-order valence-electron chi connectivity index (χ3n) is 10.6. The number of Topliss-reactive ketones (excluding diaryl/α,β-unsaturated/α-hetero) is 2. The van der Waals surface area contributed by atoms with E-state index in [0.29, 0.717) is 24.0 Å². The van der Waals surface area contributed by atoms with Gasteiger partial charge in [-0.15, -0.1) is 0 Å². The van der Waals surface area contributed by atoms with E-state index in [-0.39, 0.29) is 96.4 Å². The average molecular weight is 1130 g/mol. The van der Waals surface area contributed by atoms with E-state index in [1.54, 1.807) is 60.9 Å². The van der Waals surface area contributed by atoms with Gasteiger partial charge in [-0.05, 0) is 96.8 Å². The highest BCUT2D eigenvalue weighted by Crippen LogP contribution is 2.26. The molecule has 6 aromatic rings. The Labute approximate surface area is 467 Å². The number of aromatic carboxylic acids is 1. The van der Waals surface area contributed by atoms with Crippen LogP contribution in [0.1, 0.15) is 104 Å². The van der Waals surface area contributed by atoms with E-state index in [1.807, 2.05) is 48.5 Å². The summed E-state index contributed by atoms with van der Waals surface area (Å²) in [6.07, 6.45) is 4.67. The van der Waals surface area contributed by atoms with Crippen molar-refractivity contribution in [2.24, 2.45) is 5.73 Å². The number of nitrogens with zero attached hydrogens (tertiary/aromatic N) is 2. The summed E-state index contributed by atoms with van der Waals surface area (Å²) < 4.78 is 9.36. The lowest BCUT2D eigenvalue weighted by Crippen LogP contribution is -2.42. The normalized spacial score (nSPS) is 10.8. The molecule has 3 amide bonds. The van der Waals surface area contributed by atoms with Crippen molar-refractivity contribution < 1.29 is 52.9 Å². The second kappa shape index (κ2) is 34.2. The highest BCUT2D eigenvalue weighted by Gasteiger charge is 2.27. The summed E-state index contributed by atoms with van der Waals surface area (Å²) in [6, 6.07) is 32.4. The van der Waals surface area contributed by atoms with Crippen molar-refractivity contribution in [3.05, 3.63) is 199 Å². The van der Waals surface area contributed by atoms with Crippen LogP contribution in [-0.4, -0.2) is 102 Å². The molecule has 77 heavy (non-hydrogen) atoms. The smallest absolute Gasteiger partial charge is 0.335 e. The van der Waals surface area contributed by atoms with Crippen molar-refractivity contribution in [1.82, 2.24) is 25.9 Å². The monoisotopic (exact) mass is 1130 g/mol. The zero-order chi connectivity index (χ0) is 54.9. The summed E-state index contributed by atoms with van der Waals surface area (Å²) >= 11 is 24.0. The fourth-order valence-corrected chi connectivity index (χ4v) is 7.95. The van der Waals surface area contributed by atoms with Crippen LogP contribution in [0.2, 0.25) is 20.1 Å². The van der Waals surface area contributed by atoms with E-state index in [0.717, 1.165) is 22.5 Å². The minimum atomic E-state index is -1.10. The summed E-state index contributed by atoms with van der Waals surface area (Å²) in [5.41, 5.74) is 9.69. The number of methoxy groups -OCH3 is 2. The van der Waals surface area contributed by atoms with Gasteiger partial charge in [-0.25, -0.2) is 14.4 Å². The lowest BCUT2D eigenvalue weighted by molar-refractivity contribution is -0.144. The number of pyridine rings is 2. The maximum atomic E-state index is 12.6. The Morgan fingerprint density at radius 3 is 1.34 bits per heavy atom. The Hall–Kier alpha value is -7.54. The molecule has 17 nitrogen and oxygen atoms in total. The van der Waals surface area contributed by atoms with Gasteiger partial charge in [-0.2, -0.15) is 0 Å². The molecule has 0 aliphatic heterocycles. The van der Waals surface area contributed by atoms with E-state index in [2.05, 4.69) is 30.7 Å². The number of ketones is 2. The first-order chi connectivity index (χ1) is 35.9. The lowest BCUT2D eigenvalue weighted by Gasteiger charge is -2.17. The molecular weight excluding hydrogens is 1070 g/mol. The van der Waals surface area contributed by atoms with Crippen LogP contribution in [0.4, 0.5) is 0 Å². The first-order valence-corrected chi connectivity index (χ1v) is 24.3. The number of benzene rings is 4. The number of esters is 2. The molecule has 0 unspecified atom stereocenters. The van der Waals surface area contributed by atoms with Crippen LogP contribution in [0.5, 0.6) is 0 Å². The van der Waals surface area contributed by atoms with Crippen molar-refractivity contribution in [1.29, 1.82) is 0 Å². The number of carboxylic acids is 1. The number of hydrogen-bond acceptors (Lipinski definition) is 13. The largest absolute Gasteiger partial charge is 0.478 e. The van der Waals surface area contributed by atoms with Gasteiger partial charge in [0.25, 0.3) is 17.7 Å². The molecule has 6 N–H and O–H groups in total. The second-order valence-electron chi connectivity index (χ2n) is 16.0. The van der Waals surface area contributed by atoms with Crippen molar-refractivity contribution in [3.8, 4) is 0 Å². The molecule has 0 radical (unpaired) electrons. The molecule has 0 aliphatic carbocycles. The molecule has 6 rings (SSSR count). The van der Waals surface area contributed by atoms with Crippen LogP contribution in [0.3, 0.4) is 0 Å². The van der Waals surface area contributed by atoms with Crippen LogP contribution < -0.4 is 21.7 Å². The summed E-state index contributed by atoms with van der Waals surface area (Å²) in [4.78, 5) is 104. The van der Waals surface area contributed by atoms with Crippen LogP contribution in [0, 0.1) is 0 Å². The Kier molecular flexibility index (Phi) is 29.1. The van der Waals surface area contributed by atoms with Crippen molar-refractivity contribution in [3.63, 3.8) is 0 Å². The molecule has 0 spiro atoms. The van der Waals surface area contributed by atoms with Gasteiger partial charge in [0.1, 0.15) is 17.9 Å². The molecule has 0 fully saturated rings.